The maximum Gasteiger partial charge on any atom is 0.0661 e. The molecule has 0 aromatic carbocycles. The van der Waals surface area contributed by atoms with Gasteiger partial charge in [-0.15, -0.1) is 0 Å². The van der Waals surface area contributed by atoms with Gasteiger partial charge in [-0.25, -0.2) is 0 Å². The molecule has 4 aliphatic rings. The molecule has 1 unspecified atom stereocenters. The molecule has 0 heterocycles. The average Bonchev–Trinajstić information content (AvgIpc) is 2.63. The second-order valence-electron chi connectivity index (χ2n) is 9.71. The molecule has 0 N–H and O–H groups in total. The Morgan fingerprint density at radius 2 is 1.46 bits per heavy atom. The first-order valence-electron chi connectivity index (χ1n) is 11.0. The van der Waals surface area contributed by atoms with Crippen LogP contribution in [0.2, 0.25) is 0 Å². The van der Waals surface area contributed by atoms with Crippen molar-refractivity contribution in [1.82, 2.24) is 0 Å². The van der Waals surface area contributed by atoms with Crippen LogP contribution in [-0.4, -0.2) is 0 Å². The summed E-state index contributed by atoms with van der Waals surface area (Å²) in [5.41, 5.74) is 1.08. The SMILES string of the molecule is CCCC1CCC(CC(C#N)C23CCC(CCC)(CC2)CC3)CC1. The van der Waals surface area contributed by atoms with Crippen molar-refractivity contribution in [1.29, 1.82) is 5.26 Å². The van der Waals surface area contributed by atoms with Gasteiger partial charge in [-0.3, -0.25) is 0 Å². The molecular weight excluding hydrogens is 290 g/mol. The maximum atomic E-state index is 9.98. The van der Waals surface area contributed by atoms with E-state index in [-0.39, 0.29) is 0 Å². The molecule has 0 saturated heterocycles. The van der Waals surface area contributed by atoms with Gasteiger partial charge < -0.3 is 0 Å². The first kappa shape index (κ1) is 18.3. The van der Waals surface area contributed by atoms with E-state index in [9.17, 15) is 5.26 Å². The Kier molecular flexibility index (Phi) is 5.94. The summed E-state index contributed by atoms with van der Waals surface area (Å²) in [6.45, 7) is 4.67. The summed E-state index contributed by atoms with van der Waals surface area (Å²) in [5, 5.41) is 9.98. The van der Waals surface area contributed by atoms with Gasteiger partial charge in [0.1, 0.15) is 0 Å². The normalized spacial score (nSPS) is 40.2. The van der Waals surface area contributed by atoms with Crippen LogP contribution in [-0.2, 0) is 0 Å². The Labute approximate surface area is 150 Å². The van der Waals surface area contributed by atoms with Crippen LogP contribution in [0.15, 0.2) is 0 Å². The van der Waals surface area contributed by atoms with Crippen molar-refractivity contribution in [3.63, 3.8) is 0 Å². The van der Waals surface area contributed by atoms with E-state index in [1.807, 2.05) is 0 Å². The summed E-state index contributed by atoms with van der Waals surface area (Å²) in [4.78, 5) is 0. The van der Waals surface area contributed by atoms with Gasteiger partial charge in [0.25, 0.3) is 0 Å². The summed E-state index contributed by atoms with van der Waals surface area (Å²) in [6, 6.07) is 2.82. The third kappa shape index (κ3) is 3.68. The van der Waals surface area contributed by atoms with E-state index in [1.165, 1.54) is 96.3 Å². The van der Waals surface area contributed by atoms with Gasteiger partial charge in [-0.2, -0.15) is 5.26 Å². The van der Waals surface area contributed by atoms with Crippen LogP contribution in [0.1, 0.15) is 110 Å². The lowest BCUT2D eigenvalue weighted by Crippen LogP contribution is -2.45. The van der Waals surface area contributed by atoms with Crippen molar-refractivity contribution in [3.8, 4) is 6.07 Å². The average molecular weight is 330 g/mol. The van der Waals surface area contributed by atoms with E-state index < -0.39 is 0 Å². The topological polar surface area (TPSA) is 23.8 Å². The lowest BCUT2D eigenvalue weighted by Gasteiger charge is -2.56. The van der Waals surface area contributed by atoms with Gasteiger partial charge in [0.2, 0.25) is 0 Å². The highest BCUT2D eigenvalue weighted by atomic mass is 14.6. The predicted octanol–water partition coefficient (Wildman–Crippen LogP) is 7.26. The number of hydrogen-bond acceptors (Lipinski definition) is 1. The van der Waals surface area contributed by atoms with Gasteiger partial charge in [-0.05, 0) is 74.0 Å². The summed E-state index contributed by atoms with van der Waals surface area (Å²) < 4.78 is 0. The maximum absolute atomic E-state index is 9.98. The molecule has 1 nitrogen and oxygen atoms in total. The summed E-state index contributed by atoms with van der Waals surface area (Å²) in [7, 11) is 0. The zero-order chi connectivity index (χ0) is 17.0. The Morgan fingerprint density at radius 1 is 0.875 bits per heavy atom. The zero-order valence-electron chi connectivity index (χ0n) is 16.3. The molecule has 0 amide bonds. The molecule has 1 heteroatoms. The first-order valence-corrected chi connectivity index (χ1v) is 11.0. The molecule has 2 bridgehead atoms. The minimum atomic E-state index is 0.352. The van der Waals surface area contributed by atoms with Gasteiger partial charge >= 0.3 is 0 Å². The molecule has 24 heavy (non-hydrogen) atoms. The number of nitriles is 1. The fourth-order valence-electron chi connectivity index (χ4n) is 6.66. The first-order chi connectivity index (χ1) is 11.7. The smallest absolute Gasteiger partial charge is 0.0661 e. The van der Waals surface area contributed by atoms with E-state index in [2.05, 4.69) is 19.9 Å². The summed E-state index contributed by atoms with van der Waals surface area (Å²) in [5.74, 6) is 2.19. The van der Waals surface area contributed by atoms with Crippen molar-refractivity contribution in [2.24, 2.45) is 28.6 Å². The van der Waals surface area contributed by atoms with E-state index >= 15 is 0 Å². The molecule has 0 aliphatic heterocycles. The Hall–Kier alpha value is -0.510. The molecule has 4 rings (SSSR count). The highest BCUT2D eigenvalue weighted by molar-refractivity contribution is 5.07. The molecule has 0 aromatic heterocycles. The minimum absolute atomic E-state index is 0.352. The van der Waals surface area contributed by atoms with Crippen LogP contribution in [0, 0.1) is 39.9 Å². The Bertz CT molecular complexity index is 413. The second-order valence-corrected chi connectivity index (χ2v) is 9.71. The van der Waals surface area contributed by atoms with E-state index in [4.69, 9.17) is 0 Å². The fourth-order valence-corrected chi connectivity index (χ4v) is 6.66. The highest BCUT2D eigenvalue weighted by Crippen LogP contribution is 2.62. The standard InChI is InChI=1S/C23H39N/c1-3-5-19-6-8-20(9-7-19)17-21(18-24)23-14-11-22(10-4-2,12-15-23)13-16-23/h19-21H,3-17H2,1-2H3. The molecule has 1 atom stereocenters. The predicted molar refractivity (Wildman–Crippen MR) is 102 cm³/mol. The van der Waals surface area contributed by atoms with Gasteiger partial charge in [0, 0.05) is 0 Å². The molecule has 4 saturated carbocycles. The minimum Gasteiger partial charge on any atom is -0.198 e. The molecule has 0 spiro atoms. The lowest BCUT2D eigenvalue weighted by atomic mass is 9.48. The van der Waals surface area contributed by atoms with E-state index in [0.717, 1.165) is 11.8 Å². The van der Waals surface area contributed by atoms with Crippen molar-refractivity contribution < 1.29 is 0 Å². The largest absolute Gasteiger partial charge is 0.198 e. The van der Waals surface area contributed by atoms with Crippen LogP contribution in [0.3, 0.4) is 0 Å². The summed E-state index contributed by atoms with van der Waals surface area (Å²) >= 11 is 0. The van der Waals surface area contributed by atoms with E-state index in [0.29, 0.717) is 16.7 Å². The number of nitrogens with zero attached hydrogens (tertiary/aromatic N) is 1. The van der Waals surface area contributed by atoms with Crippen LogP contribution in [0.25, 0.3) is 0 Å². The van der Waals surface area contributed by atoms with Gasteiger partial charge in [-0.1, -0.05) is 58.8 Å². The summed E-state index contributed by atoms with van der Waals surface area (Å²) in [6.07, 6.45) is 20.8. The highest BCUT2D eigenvalue weighted by Gasteiger charge is 2.51. The van der Waals surface area contributed by atoms with Crippen LogP contribution < -0.4 is 0 Å². The fraction of sp³-hybridized carbons (Fsp3) is 0.957. The number of fused-ring (bicyclic) bond motifs is 3. The van der Waals surface area contributed by atoms with Crippen molar-refractivity contribution in [2.45, 2.75) is 110 Å². The molecule has 4 aliphatic carbocycles. The third-order valence-electron chi connectivity index (χ3n) is 8.37. The molecular formula is C23H39N. The molecule has 4 fully saturated rings. The molecule has 0 aromatic rings. The molecule has 0 radical (unpaired) electrons. The van der Waals surface area contributed by atoms with Gasteiger partial charge in [0.05, 0.1) is 12.0 Å². The molecule has 136 valence electrons. The van der Waals surface area contributed by atoms with Crippen LogP contribution in [0.4, 0.5) is 0 Å². The van der Waals surface area contributed by atoms with E-state index in [1.54, 1.807) is 0 Å². The van der Waals surface area contributed by atoms with Crippen molar-refractivity contribution >= 4 is 0 Å². The number of rotatable bonds is 7. The zero-order valence-corrected chi connectivity index (χ0v) is 16.3. The van der Waals surface area contributed by atoms with Crippen molar-refractivity contribution in [2.75, 3.05) is 0 Å². The third-order valence-corrected chi connectivity index (χ3v) is 8.37. The Balaban J connectivity index is 1.55. The quantitative estimate of drug-likeness (QED) is 0.482. The Morgan fingerprint density at radius 3 is 1.96 bits per heavy atom. The lowest BCUT2D eigenvalue weighted by molar-refractivity contribution is -0.0444. The monoisotopic (exact) mass is 329 g/mol. The van der Waals surface area contributed by atoms with Crippen molar-refractivity contribution in [3.05, 3.63) is 0 Å². The second kappa shape index (κ2) is 7.80. The van der Waals surface area contributed by atoms with Crippen LogP contribution in [0.5, 0.6) is 0 Å². The van der Waals surface area contributed by atoms with Crippen LogP contribution >= 0.6 is 0 Å². The number of hydrogen-bond donors (Lipinski definition) is 0. The van der Waals surface area contributed by atoms with Gasteiger partial charge in [0.15, 0.2) is 0 Å².